The van der Waals surface area contributed by atoms with Gasteiger partial charge in [-0.05, 0) is 48.7 Å². The number of benzene rings is 1. The van der Waals surface area contributed by atoms with Gasteiger partial charge in [-0.25, -0.2) is 9.97 Å². The molecule has 4 heterocycles. The first-order valence-corrected chi connectivity index (χ1v) is 11.0. The van der Waals surface area contributed by atoms with Gasteiger partial charge in [-0.1, -0.05) is 19.1 Å². The molecule has 2 aromatic rings. The fourth-order valence-corrected chi connectivity index (χ4v) is 4.70. The van der Waals surface area contributed by atoms with E-state index in [2.05, 4.69) is 63.7 Å². The summed E-state index contributed by atoms with van der Waals surface area (Å²) in [6.07, 6.45) is 6.83. The zero-order valence-corrected chi connectivity index (χ0v) is 18.2. The van der Waals surface area contributed by atoms with Gasteiger partial charge in [0.2, 0.25) is 5.91 Å². The average molecular weight is 417 g/mol. The molecule has 7 heteroatoms. The molecule has 1 aromatic heterocycles. The molecule has 2 N–H and O–H groups in total. The maximum absolute atomic E-state index is 12.5. The Morgan fingerprint density at radius 1 is 1.23 bits per heavy atom. The van der Waals surface area contributed by atoms with Gasteiger partial charge in [-0.2, -0.15) is 0 Å². The van der Waals surface area contributed by atoms with E-state index in [1.165, 1.54) is 11.1 Å². The molecule has 0 aliphatic carbocycles. The molecule has 0 saturated carbocycles. The number of nitrogens with one attached hydrogen (secondary N) is 2. The molecule has 3 aliphatic heterocycles. The van der Waals surface area contributed by atoms with E-state index < -0.39 is 0 Å². The van der Waals surface area contributed by atoms with Crippen LogP contribution in [0.4, 0.5) is 11.5 Å². The van der Waals surface area contributed by atoms with Gasteiger partial charge in [0, 0.05) is 31.1 Å². The van der Waals surface area contributed by atoms with E-state index in [9.17, 15) is 4.79 Å². The number of nitrogens with zero attached hydrogens (tertiary/aromatic N) is 4. The molecule has 1 amide bonds. The monoisotopic (exact) mass is 416 g/mol. The van der Waals surface area contributed by atoms with Crippen molar-refractivity contribution in [1.29, 1.82) is 0 Å². The van der Waals surface area contributed by atoms with Crippen molar-refractivity contribution in [3.63, 3.8) is 0 Å². The van der Waals surface area contributed by atoms with Crippen molar-refractivity contribution in [2.45, 2.75) is 39.3 Å². The molecule has 0 unspecified atom stereocenters. The number of aliphatic imine (C=N–C) groups is 1. The van der Waals surface area contributed by atoms with Crippen LogP contribution in [0.2, 0.25) is 0 Å². The number of anilines is 2. The second-order valence-corrected chi connectivity index (χ2v) is 8.62. The Kier molecular flexibility index (Phi) is 5.06. The lowest BCUT2D eigenvalue weighted by molar-refractivity contribution is -0.117. The first kappa shape index (κ1) is 19.9. The lowest BCUT2D eigenvalue weighted by Crippen LogP contribution is -2.48. The Labute approximate surface area is 182 Å². The molecule has 160 valence electrons. The maximum Gasteiger partial charge on any atom is 0.224 e. The molecule has 3 aliphatic rings. The Morgan fingerprint density at radius 3 is 2.71 bits per heavy atom. The van der Waals surface area contributed by atoms with Gasteiger partial charge in [0.1, 0.15) is 11.5 Å². The first-order chi connectivity index (χ1) is 15.0. The number of hydrogen-bond donors (Lipinski definition) is 2. The van der Waals surface area contributed by atoms with Crippen molar-refractivity contribution in [2.24, 2.45) is 10.9 Å². The largest absolute Gasteiger partial charge is 0.362 e. The third kappa shape index (κ3) is 3.74. The number of amides is 1. The Hall–Kier alpha value is -3.06. The van der Waals surface area contributed by atoms with E-state index >= 15 is 0 Å². The molecule has 0 spiro atoms. The fraction of sp³-hybridized carbons (Fsp3) is 0.417. The summed E-state index contributed by atoms with van der Waals surface area (Å²) >= 11 is 0. The number of hydrogen-bond acceptors (Lipinski definition) is 6. The predicted octanol–water partition coefficient (Wildman–Crippen LogP) is 3.20. The van der Waals surface area contributed by atoms with Crippen LogP contribution in [0.3, 0.4) is 0 Å². The SMILES string of the molecule is CC(=O)N1c2ccc(C3=CCNCC3)cc2[C@H](Nc2cnc(C3=NC3)cn2)[C@@H](C)[C@@H]1C. The van der Waals surface area contributed by atoms with E-state index in [0.29, 0.717) is 0 Å². The molecular weight excluding hydrogens is 388 g/mol. The summed E-state index contributed by atoms with van der Waals surface area (Å²) in [6.45, 7) is 8.61. The Bertz CT molecular complexity index is 1070. The number of fused-ring (bicyclic) bond motifs is 1. The van der Waals surface area contributed by atoms with Gasteiger partial charge in [0.15, 0.2) is 0 Å². The summed E-state index contributed by atoms with van der Waals surface area (Å²) in [5.41, 5.74) is 6.56. The van der Waals surface area contributed by atoms with Gasteiger partial charge >= 0.3 is 0 Å². The van der Waals surface area contributed by atoms with Crippen LogP contribution in [-0.2, 0) is 4.79 Å². The lowest BCUT2D eigenvalue weighted by atomic mass is 9.81. The van der Waals surface area contributed by atoms with Crippen LogP contribution in [-0.4, -0.2) is 47.3 Å². The molecule has 5 rings (SSSR count). The fourth-order valence-electron chi connectivity index (χ4n) is 4.70. The third-order valence-corrected chi connectivity index (χ3v) is 6.66. The highest BCUT2D eigenvalue weighted by Gasteiger charge is 2.38. The second-order valence-electron chi connectivity index (χ2n) is 8.62. The predicted molar refractivity (Wildman–Crippen MR) is 123 cm³/mol. The van der Waals surface area contributed by atoms with Crippen LogP contribution in [0.1, 0.15) is 50.1 Å². The Morgan fingerprint density at radius 2 is 2.06 bits per heavy atom. The second kappa shape index (κ2) is 7.89. The highest BCUT2D eigenvalue weighted by molar-refractivity contribution is 6.08. The summed E-state index contributed by atoms with van der Waals surface area (Å²) in [7, 11) is 0. The van der Waals surface area contributed by atoms with Crippen LogP contribution in [0.25, 0.3) is 5.57 Å². The lowest BCUT2D eigenvalue weighted by Gasteiger charge is -2.44. The minimum Gasteiger partial charge on any atom is -0.362 e. The van der Waals surface area contributed by atoms with Crippen LogP contribution < -0.4 is 15.5 Å². The topological polar surface area (TPSA) is 82.5 Å². The molecule has 31 heavy (non-hydrogen) atoms. The summed E-state index contributed by atoms with van der Waals surface area (Å²) in [4.78, 5) is 27.7. The van der Waals surface area contributed by atoms with Gasteiger partial charge in [0.05, 0.1) is 30.7 Å². The van der Waals surface area contributed by atoms with E-state index in [1.54, 1.807) is 19.3 Å². The van der Waals surface area contributed by atoms with Crippen molar-refractivity contribution < 1.29 is 4.79 Å². The molecule has 7 nitrogen and oxygen atoms in total. The van der Waals surface area contributed by atoms with Crippen molar-refractivity contribution in [3.8, 4) is 0 Å². The molecule has 0 radical (unpaired) electrons. The van der Waals surface area contributed by atoms with Crippen LogP contribution in [0.15, 0.2) is 41.7 Å². The van der Waals surface area contributed by atoms with E-state index in [1.807, 2.05) is 4.90 Å². The minimum absolute atomic E-state index is 0.0290. The zero-order chi connectivity index (χ0) is 21.5. The minimum atomic E-state index is 0.0290. The smallest absolute Gasteiger partial charge is 0.224 e. The van der Waals surface area contributed by atoms with Gasteiger partial charge < -0.3 is 15.5 Å². The van der Waals surface area contributed by atoms with Crippen LogP contribution in [0, 0.1) is 5.92 Å². The first-order valence-electron chi connectivity index (χ1n) is 11.0. The number of aromatic nitrogens is 2. The summed E-state index contributed by atoms with van der Waals surface area (Å²) < 4.78 is 0. The average Bonchev–Trinajstić information content (AvgIpc) is 3.63. The van der Waals surface area contributed by atoms with E-state index in [0.717, 1.165) is 54.5 Å². The number of rotatable bonds is 4. The molecule has 0 saturated heterocycles. The summed E-state index contributed by atoms with van der Waals surface area (Å²) in [5.74, 6) is 1.01. The summed E-state index contributed by atoms with van der Waals surface area (Å²) in [6, 6.07) is 6.60. The van der Waals surface area contributed by atoms with Gasteiger partial charge in [0.25, 0.3) is 0 Å². The highest BCUT2D eigenvalue weighted by Crippen LogP contribution is 2.43. The van der Waals surface area contributed by atoms with Gasteiger partial charge in [-0.15, -0.1) is 0 Å². The molecular formula is C24H28N6O. The normalized spacial score (nSPS) is 24.7. The maximum atomic E-state index is 12.5. The van der Waals surface area contributed by atoms with Crippen LogP contribution >= 0.6 is 0 Å². The molecule has 0 bridgehead atoms. The zero-order valence-electron chi connectivity index (χ0n) is 18.2. The summed E-state index contributed by atoms with van der Waals surface area (Å²) in [5, 5.41) is 6.98. The van der Waals surface area contributed by atoms with Crippen molar-refractivity contribution in [1.82, 2.24) is 15.3 Å². The number of carbonyl (C=O) groups excluding carboxylic acids is 1. The van der Waals surface area contributed by atoms with Crippen LogP contribution in [0.5, 0.6) is 0 Å². The Balaban J connectivity index is 1.53. The van der Waals surface area contributed by atoms with Crippen molar-refractivity contribution in [3.05, 3.63) is 53.5 Å². The third-order valence-electron chi connectivity index (χ3n) is 6.66. The highest BCUT2D eigenvalue weighted by atomic mass is 16.2. The molecule has 1 aromatic carbocycles. The number of carbonyl (C=O) groups is 1. The van der Waals surface area contributed by atoms with Crippen molar-refractivity contribution >= 4 is 28.7 Å². The van der Waals surface area contributed by atoms with E-state index in [4.69, 9.17) is 0 Å². The van der Waals surface area contributed by atoms with E-state index in [-0.39, 0.29) is 23.9 Å². The quantitative estimate of drug-likeness (QED) is 0.800. The molecule has 3 atom stereocenters. The molecule has 0 fully saturated rings. The van der Waals surface area contributed by atoms with Gasteiger partial charge in [-0.3, -0.25) is 9.79 Å². The standard InChI is InChI=1S/C24H28N6O/c1-14-15(2)30(16(3)31)22-5-4-18(17-6-8-25-9-7-17)10-19(22)24(14)29-23-13-27-21(12-28-23)20-11-26-20/h4-6,10,12-15,24-25H,7-9,11H2,1-3H3,(H,28,29)/t14-,15-,24+/m0/s1. The van der Waals surface area contributed by atoms with Crippen molar-refractivity contribution in [2.75, 3.05) is 29.9 Å².